The number of benzene rings is 1. The van der Waals surface area contributed by atoms with Crippen molar-refractivity contribution in [3.8, 4) is 0 Å². The summed E-state index contributed by atoms with van der Waals surface area (Å²) in [6, 6.07) is 5.95. The van der Waals surface area contributed by atoms with Gasteiger partial charge in [-0.2, -0.15) is 0 Å². The molecule has 3 N–H and O–H groups in total. The van der Waals surface area contributed by atoms with E-state index in [1.807, 2.05) is 12.1 Å². The molecule has 0 aliphatic carbocycles. The Balaban J connectivity index is 3.00. The second-order valence-electron chi connectivity index (χ2n) is 4.41. The molecule has 1 aromatic carbocycles. The van der Waals surface area contributed by atoms with Crippen molar-refractivity contribution in [1.82, 2.24) is 0 Å². The van der Waals surface area contributed by atoms with Crippen molar-refractivity contribution in [2.75, 3.05) is 11.1 Å². The highest BCUT2D eigenvalue weighted by Gasteiger charge is 2.12. The van der Waals surface area contributed by atoms with E-state index in [1.165, 1.54) is 5.56 Å². The fourth-order valence-corrected chi connectivity index (χ4v) is 1.24. The highest BCUT2D eigenvalue weighted by molar-refractivity contribution is 5.70. The van der Waals surface area contributed by atoms with E-state index >= 15 is 0 Å². The van der Waals surface area contributed by atoms with E-state index in [9.17, 15) is 0 Å². The predicted molar refractivity (Wildman–Crippen MR) is 59.0 cm³/mol. The highest BCUT2D eigenvalue weighted by atomic mass is 15.0. The van der Waals surface area contributed by atoms with Gasteiger partial charge in [-0.3, -0.25) is 0 Å². The predicted octanol–water partition coefficient (Wildman–Crippen LogP) is 2.79. The summed E-state index contributed by atoms with van der Waals surface area (Å²) in [6.45, 7) is 8.43. The summed E-state index contributed by atoms with van der Waals surface area (Å²) < 4.78 is 0. The number of nitrogen functional groups attached to an aromatic ring is 1. The first-order valence-electron chi connectivity index (χ1n) is 4.53. The SMILES string of the molecule is Cc1cccc(N)c1NC(C)(C)C. The van der Waals surface area contributed by atoms with Gasteiger partial charge in [0.2, 0.25) is 0 Å². The summed E-state index contributed by atoms with van der Waals surface area (Å²) >= 11 is 0. The molecule has 0 aliphatic rings. The van der Waals surface area contributed by atoms with Gasteiger partial charge in [-0.05, 0) is 39.3 Å². The molecule has 0 saturated carbocycles. The van der Waals surface area contributed by atoms with E-state index in [4.69, 9.17) is 5.73 Å². The van der Waals surface area contributed by atoms with E-state index in [1.54, 1.807) is 0 Å². The quantitative estimate of drug-likeness (QED) is 0.649. The van der Waals surface area contributed by atoms with Gasteiger partial charge in [0.15, 0.2) is 0 Å². The van der Waals surface area contributed by atoms with Crippen LogP contribution in [0.2, 0.25) is 0 Å². The second kappa shape index (κ2) is 3.29. The number of hydrogen-bond donors (Lipinski definition) is 2. The van der Waals surface area contributed by atoms with Crippen LogP contribution in [0, 0.1) is 6.92 Å². The number of hydrogen-bond acceptors (Lipinski definition) is 2. The van der Waals surface area contributed by atoms with Gasteiger partial charge in [0.25, 0.3) is 0 Å². The largest absolute Gasteiger partial charge is 0.397 e. The van der Waals surface area contributed by atoms with Crippen molar-refractivity contribution in [3.05, 3.63) is 23.8 Å². The molecule has 1 rings (SSSR count). The Kier molecular flexibility index (Phi) is 2.50. The normalized spacial score (nSPS) is 11.4. The van der Waals surface area contributed by atoms with Gasteiger partial charge in [0.05, 0.1) is 11.4 Å². The molecule has 0 bridgehead atoms. The molecule has 0 aromatic heterocycles. The first kappa shape index (κ1) is 9.90. The minimum absolute atomic E-state index is 0.0558. The molecule has 0 atom stereocenters. The van der Waals surface area contributed by atoms with Crippen molar-refractivity contribution in [1.29, 1.82) is 0 Å². The number of para-hydroxylation sites is 1. The zero-order chi connectivity index (χ0) is 10.1. The molecule has 2 nitrogen and oxygen atoms in total. The van der Waals surface area contributed by atoms with Crippen LogP contribution in [0.4, 0.5) is 11.4 Å². The van der Waals surface area contributed by atoms with Crippen LogP contribution in [0.5, 0.6) is 0 Å². The molecule has 0 saturated heterocycles. The molecule has 0 spiro atoms. The van der Waals surface area contributed by atoms with Gasteiger partial charge in [0, 0.05) is 5.54 Å². The number of nitrogens with one attached hydrogen (secondary N) is 1. The third-order valence-electron chi connectivity index (χ3n) is 1.81. The number of aryl methyl sites for hydroxylation is 1. The van der Waals surface area contributed by atoms with Gasteiger partial charge < -0.3 is 11.1 Å². The monoisotopic (exact) mass is 178 g/mol. The topological polar surface area (TPSA) is 38.0 Å². The molecule has 0 heterocycles. The molecule has 2 heteroatoms. The van der Waals surface area contributed by atoms with Crippen LogP contribution in [-0.2, 0) is 0 Å². The Morgan fingerprint density at radius 2 is 1.85 bits per heavy atom. The van der Waals surface area contributed by atoms with Crippen molar-refractivity contribution in [3.63, 3.8) is 0 Å². The third-order valence-corrected chi connectivity index (χ3v) is 1.81. The van der Waals surface area contributed by atoms with Crippen molar-refractivity contribution in [2.45, 2.75) is 33.2 Å². The molecule has 13 heavy (non-hydrogen) atoms. The minimum atomic E-state index is 0.0558. The fourth-order valence-electron chi connectivity index (χ4n) is 1.24. The lowest BCUT2D eigenvalue weighted by atomic mass is 10.1. The maximum absolute atomic E-state index is 5.87. The smallest absolute Gasteiger partial charge is 0.0607 e. The summed E-state index contributed by atoms with van der Waals surface area (Å²) in [4.78, 5) is 0. The van der Waals surface area contributed by atoms with Crippen LogP contribution < -0.4 is 11.1 Å². The van der Waals surface area contributed by atoms with Crippen LogP contribution in [-0.4, -0.2) is 5.54 Å². The van der Waals surface area contributed by atoms with Crippen molar-refractivity contribution < 1.29 is 0 Å². The Hall–Kier alpha value is -1.18. The summed E-state index contributed by atoms with van der Waals surface area (Å²) in [5.41, 5.74) is 8.98. The second-order valence-corrected chi connectivity index (χ2v) is 4.41. The van der Waals surface area contributed by atoms with E-state index in [0.717, 1.165) is 11.4 Å². The van der Waals surface area contributed by atoms with E-state index < -0.39 is 0 Å². The van der Waals surface area contributed by atoms with Gasteiger partial charge in [-0.25, -0.2) is 0 Å². The maximum atomic E-state index is 5.87. The number of rotatable bonds is 1. The summed E-state index contributed by atoms with van der Waals surface area (Å²) in [6.07, 6.45) is 0. The Bertz CT molecular complexity index is 277. The molecule has 0 amide bonds. The van der Waals surface area contributed by atoms with Gasteiger partial charge in [-0.1, -0.05) is 12.1 Å². The molecule has 72 valence electrons. The van der Waals surface area contributed by atoms with E-state index in [2.05, 4.69) is 39.1 Å². The molecule has 0 fully saturated rings. The first-order chi connectivity index (χ1) is 5.90. The molecule has 0 unspecified atom stereocenters. The minimum Gasteiger partial charge on any atom is -0.397 e. The Morgan fingerprint density at radius 3 is 2.31 bits per heavy atom. The first-order valence-corrected chi connectivity index (χ1v) is 4.53. The lowest BCUT2D eigenvalue weighted by Crippen LogP contribution is -2.27. The van der Waals surface area contributed by atoms with Gasteiger partial charge in [0.1, 0.15) is 0 Å². The van der Waals surface area contributed by atoms with Crippen molar-refractivity contribution >= 4 is 11.4 Å². The number of anilines is 2. The summed E-state index contributed by atoms with van der Waals surface area (Å²) in [7, 11) is 0. The Labute approximate surface area is 80.1 Å². The van der Waals surface area contributed by atoms with Crippen LogP contribution in [0.1, 0.15) is 26.3 Å². The van der Waals surface area contributed by atoms with Crippen LogP contribution >= 0.6 is 0 Å². The van der Waals surface area contributed by atoms with Gasteiger partial charge >= 0.3 is 0 Å². The fraction of sp³-hybridized carbons (Fsp3) is 0.455. The summed E-state index contributed by atoms with van der Waals surface area (Å²) in [5.74, 6) is 0. The van der Waals surface area contributed by atoms with Crippen LogP contribution in [0.15, 0.2) is 18.2 Å². The van der Waals surface area contributed by atoms with E-state index in [-0.39, 0.29) is 5.54 Å². The third kappa shape index (κ3) is 2.65. The van der Waals surface area contributed by atoms with Crippen LogP contribution in [0.3, 0.4) is 0 Å². The molecule has 0 aliphatic heterocycles. The maximum Gasteiger partial charge on any atom is 0.0607 e. The lowest BCUT2D eigenvalue weighted by Gasteiger charge is -2.24. The zero-order valence-electron chi connectivity index (χ0n) is 8.81. The Morgan fingerprint density at radius 1 is 1.23 bits per heavy atom. The highest BCUT2D eigenvalue weighted by Crippen LogP contribution is 2.25. The summed E-state index contributed by atoms with van der Waals surface area (Å²) in [5, 5.41) is 3.39. The average Bonchev–Trinajstić information content (AvgIpc) is 1.95. The molecular weight excluding hydrogens is 160 g/mol. The van der Waals surface area contributed by atoms with Crippen molar-refractivity contribution in [2.24, 2.45) is 0 Å². The zero-order valence-corrected chi connectivity index (χ0v) is 8.81. The molecular formula is C11H18N2. The van der Waals surface area contributed by atoms with E-state index in [0.29, 0.717) is 0 Å². The lowest BCUT2D eigenvalue weighted by molar-refractivity contribution is 0.634. The van der Waals surface area contributed by atoms with Gasteiger partial charge in [-0.15, -0.1) is 0 Å². The van der Waals surface area contributed by atoms with Crippen LogP contribution in [0.25, 0.3) is 0 Å². The standard InChI is InChI=1S/C11H18N2/c1-8-6-5-7-9(12)10(8)13-11(2,3)4/h5-7,13H,12H2,1-4H3. The molecule has 1 aromatic rings. The average molecular weight is 178 g/mol. The number of nitrogens with two attached hydrogens (primary N) is 1. The molecule has 0 radical (unpaired) electrons.